The zero-order valence-electron chi connectivity index (χ0n) is 16.6. The van der Waals surface area contributed by atoms with E-state index in [2.05, 4.69) is 25.2 Å². The van der Waals surface area contributed by atoms with Gasteiger partial charge in [0.25, 0.3) is 0 Å². The van der Waals surface area contributed by atoms with Crippen molar-refractivity contribution < 1.29 is 18.0 Å². The fourth-order valence-corrected chi connectivity index (χ4v) is 3.46. The van der Waals surface area contributed by atoms with Crippen molar-refractivity contribution in [1.29, 1.82) is 0 Å². The van der Waals surface area contributed by atoms with Crippen LogP contribution in [0.5, 0.6) is 0 Å². The summed E-state index contributed by atoms with van der Waals surface area (Å²) in [7, 11) is 0. The lowest BCUT2D eigenvalue weighted by atomic mass is 10.1. The second kappa shape index (κ2) is 8.58. The van der Waals surface area contributed by atoms with Gasteiger partial charge in [-0.1, -0.05) is 0 Å². The summed E-state index contributed by atoms with van der Waals surface area (Å²) >= 11 is 0. The lowest BCUT2D eigenvalue weighted by molar-refractivity contribution is 0.256. The van der Waals surface area contributed by atoms with Crippen molar-refractivity contribution in [2.45, 2.75) is 13.3 Å². The Balaban J connectivity index is 1.76. The van der Waals surface area contributed by atoms with Crippen molar-refractivity contribution in [3.63, 3.8) is 0 Å². The summed E-state index contributed by atoms with van der Waals surface area (Å²) in [6.07, 6.45) is 5.06. The summed E-state index contributed by atoms with van der Waals surface area (Å²) < 4.78 is 40.9. The standard InChI is InChI=1S/C21H19F3N6O/c1-2-29-8-3-9-30(21(31)28-18-12-25-6-7-26-18)20-17(29)5-4-16(27-20)13-10-14(22)19(24)15(23)11-13/h4-7,10-12H,2-3,8-9H2,1H3,(H,26,28,31). The molecule has 3 heterocycles. The maximum absolute atomic E-state index is 13.8. The molecule has 0 fully saturated rings. The van der Waals surface area contributed by atoms with Crippen LogP contribution in [0.3, 0.4) is 0 Å². The minimum Gasteiger partial charge on any atom is -0.369 e. The number of carbonyl (C=O) groups excluding carboxylic acids is 1. The van der Waals surface area contributed by atoms with Crippen molar-refractivity contribution >= 4 is 23.4 Å². The number of nitrogens with zero attached hydrogens (tertiary/aromatic N) is 5. The SMILES string of the molecule is CCN1CCCN(C(=O)Nc2cnccn2)c2nc(-c3cc(F)c(F)c(F)c3)ccc21. The van der Waals surface area contributed by atoms with E-state index in [9.17, 15) is 18.0 Å². The van der Waals surface area contributed by atoms with Crippen molar-refractivity contribution in [3.05, 3.63) is 60.3 Å². The van der Waals surface area contributed by atoms with E-state index in [1.54, 1.807) is 12.1 Å². The van der Waals surface area contributed by atoms with Crippen LogP contribution in [-0.4, -0.2) is 40.6 Å². The summed E-state index contributed by atoms with van der Waals surface area (Å²) in [6.45, 7) is 3.75. The molecule has 1 aliphatic rings. The number of aromatic nitrogens is 3. The van der Waals surface area contributed by atoms with Crippen LogP contribution in [0.2, 0.25) is 0 Å². The molecule has 160 valence electrons. The summed E-state index contributed by atoms with van der Waals surface area (Å²) in [5.41, 5.74) is 0.994. The van der Waals surface area contributed by atoms with Gasteiger partial charge in [-0.05, 0) is 37.6 Å². The highest BCUT2D eigenvalue weighted by atomic mass is 19.2. The Morgan fingerprint density at radius 1 is 1.13 bits per heavy atom. The number of amides is 2. The minimum absolute atomic E-state index is 0.0702. The van der Waals surface area contributed by atoms with E-state index in [1.807, 2.05) is 6.92 Å². The maximum atomic E-state index is 13.8. The first-order valence-corrected chi connectivity index (χ1v) is 9.73. The Labute approximate surface area is 176 Å². The Bertz CT molecular complexity index is 1090. The van der Waals surface area contributed by atoms with Crippen LogP contribution in [0.15, 0.2) is 42.9 Å². The van der Waals surface area contributed by atoms with Crippen LogP contribution < -0.4 is 15.1 Å². The number of benzene rings is 1. The van der Waals surface area contributed by atoms with Crippen LogP contribution >= 0.6 is 0 Å². The number of hydrogen-bond acceptors (Lipinski definition) is 5. The molecule has 0 saturated heterocycles. The van der Waals surface area contributed by atoms with E-state index in [0.29, 0.717) is 37.6 Å². The van der Waals surface area contributed by atoms with Gasteiger partial charge in [0.1, 0.15) is 0 Å². The van der Waals surface area contributed by atoms with Gasteiger partial charge in [-0.25, -0.2) is 27.9 Å². The summed E-state index contributed by atoms with van der Waals surface area (Å²) in [4.78, 5) is 29.0. The van der Waals surface area contributed by atoms with Crippen LogP contribution in [0.25, 0.3) is 11.3 Å². The summed E-state index contributed by atoms with van der Waals surface area (Å²) in [5, 5.41) is 2.68. The second-order valence-corrected chi connectivity index (χ2v) is 6.90. The number of fused-ring (bicyclic) bond motifs is 1. The lowest BCUT2D eigenvalue weighted by Gasteiger charge is -2.25. The fraction of sp³-hybridized carbons (Fsp3) is 0.238. The molecule has 1 aromatic carbocycles. The third kappa shape index (κ3) is 4.14. The molecule has 7 nitrogen and oxygen atoms in total. The lowest BCUT2D eigenvalue weighted by Crippen LogP contribution is -2.36. The molecule has 0 unspecified atom stereocenters. The average molecular weight is 428 g/mol. The van der Waals surface area contributed by atoms with Gasteiger partial charge in [0.2, 0.25) is 0 Å². The molecule has 0 radical (unpaired) electrons. The fourth-order valence-electron chi connectivity index (χ4n) is 3.46. The first-order valence-electron chi connectivity index (χ1n) is 9.73. The van der Waals surface area contributed by atoms with Crippen molar-refractivity contribution in [2.24, 2.45) is 0 Å². The topological polar surface area (TPSA) is 74.2 Å². The molecule has 0 saturated carbocycles. The van der Waals surface area contributed by atoms with Gasteiger partial charge in [0.05, 0.1) is 17.6 Å². The molecule has 0 aliphatic carbocycles. The Kier molecular flexibility index (Phi) is 5.70. The highest BCUT2D eigenvalue weighted by Crippen LogP contribution is 2.34. The molecule has 10 heteroatoms. The van der Waals surface area contributed by atoms with Gasteiger partial charge in [0.15, 0.2) is 29.1 Å². The number of hydrogen-bond donors (Lipinski definition) is 1. The highest BCUT2D eigenvalue weighted by Gasteiger charge is 2.27. The molecule has 4 rings (SSSR count). The summed E-state index contributed by atoms with van der Waals surface area (Å²) in [6, 6.07) is 4.64. The Morgan fingerprint density at radius 2 is 1.90 bits per heavy atom. The molecule has 3 aromatic rings. The number of rotatable bonds is 3. The number of urea groups is 1. The number of nitrogens with one attached hydrogen (secondary N) is 1. The van der Waals surface area contributed by atoms with E-state index in [0.717, 1.165) is 12.1 Å². The van der Waals surface area contributed by atoms with Gasteiger partial charge in [-0.2, -0.15) is 0 Å². The van der Waals surface area contributed by atoms with E-state index in [4.69, 9.17) is 0 Å². The zero-order valence-corrected chi connectivity index (χ0v) is 16.6. The highest BCUT2D eigenvalue weighted by molar-refractivity contribution is 6.02. The number of pyridine rings is 1. The van der Waals surface area contributed by atoms with E-state index >= 15 is 0 Å². The third-order valence-electron chi connectivity index (χ3n) is 4.97. The van der Waals surface area contributed by atoms with Gasteiger partial charge in [0, 0.05) is 37.6 Å². The predicted octanol–water partition coefficient (Wildman–Crippen LogP) is 4.22. The number of carbonyl (C=O) groups is 1. The molecule has 0 spiro atoms. The van der Waals surface area contributed by atoms with Crippen LogP contribution in [-0.2, 0) is 0 Å². The number of halogens is 3. The van der Waals surface area contributed by atoms with Crippen molar-refractivity contribution in [3.8, 4) is 11.3 Å². The third-order valence-corrected chi connectivity index (χ3v) is 4.97. The van der Waals surface area contributed by atoms with Crippen molar-refractivity contribution in [1.82, 2.24) is 15.0 Å². The van der Waals surface area contributed by atoms with E-state index < -0.39 is 23.5 Å². The van der Waals surface area contributed by atoms with E-state index in [-0.39, 0.29) is 17.1 Å². The van der Waals surface area contributed by atoms with Gasteiger partial charge >= 0.3 is 6.03 Å². The normalized spacial score (nSPS) is 13.5. The minimum atomic E-state index is -1.54. The Hall–Kier alpha value is -3.69. The molecule has 31 heavy (non-hydrogen) atoms. The molecule has 2 amide bonds. The van der Waals surface area contributed by atoms with Crippen molar-refractivity contribution in [2.75, 3.05) is 34.8 Å². The summed E-state index contributed by atoms with van der Waals surface area (Å²) in [5.74, 6) is -3.54. The maximum Gasteiger partial charge on any atom is 0.328 e. The van der Waals surface area contributed by atoms with Crippen LogP contribution in [0, 0.1) is 17.5 Å². The average Bonchev–Trinajstić information content (AvgIpc) is 2.96. The van der Waals surface area contributed by atoms with E-state index in [1.165, 1.54) is 23.5 Å². The predicted molar refractivity (Wildman–Crippen MR) is 110 cm³/mol. The quantitative estimate of drug-likeness (QED) is 0.632. The monoisotopic (exact) mass is 428 g/mol. The second-order valence-electron chi connectivity index (χ2n) is 6.90. The largest absolute Gasteiger partial charge is 0.369 e. The first-order chi connectivity index (χ1) is 15.0. The molecule has 2 aromatic heterocycles. The zero-order chi connectivity index (χ0) is 22.0. The number of anilines is 3. The van der Waals surface area contributed by atoms with Crippen LogP contribution in [0.4, 0.5) is 35.3 Å². The first kappa shape index (κ1) is 20.6. The Morgan fingerprint density at radius 3 is 2.58 bits per heavy atom. The van der Waals surface area contributed by atoms with Gasteiger partial charge < -0.3 is 4.90 Å². The van der Waals surface area contributed by atoms with Crippen LogP contribution in [0.1, 0.15) is 13.3 Å². The molecule has 1 N–H and O–H groups in total. The molecular formula is C21H19F3N6O. The molecule has 1 aliphatic heterocycles. The molecular weight excluding hydrogens is 409 g/mol. The molecule has 0 bridgehead atoms. The molecule has 0 atom stereocenters. The van der Waals surface area contributed by atoms with Gasteiger partial charge in [-0.3, -0.25) is 15.2 Å². The van der Waals surface area contributed by atoms with Gasteiger partial charge in [-0.15, -0.1) is 0 Å². The smallest absolute Gasteiger partial charge is 0.328 e.